The van der Waals surface area contributed by atoms with Gasteiger partial charge in [0.2, 0.25) is 5.91 Å². The predicted molar refractivity (Wildman–Crippen MR) is 118 cm³/mol. The Hall–Kier alpha value is -2.33. The second kappa shape index (κ2) is 9.93. The maximum absolute atomic E-state index is 12.4. The number of carbonyl (C=O) groups excluding carboxylic acids is 1. The van der Waals surface area contributed by atoms with Crippen molar-refractivity contribution in [1.82, 2.24) is 9.80 Å². The fourth-order valence-electron chi connectivity index (χ4n) is 4.80. The van der Waals surface area contributed by atoms with E-state index in [1.54, 1.807) is 14.0 Å². The highest BCUT2D eigenvalue weighted by Gasteiger charge is 2.32. The standard InChI is InChI=1S/C25H34N2O2/c1-19(28)27(18-20-10-16-24(29-4)17-11-20)23-14-12-22(13-15-23)25(26(2)3)21-8-6-5-7-9-21/h5-11,16-17,22-23,25H,12-15,18H2,1-4H3. The van der Waals surface area contributed by atoms with Gasteiger partial charge in [0.25, 0.3) is 0 Å². The van der Waals surface area contributed by atoms with Crippen molar-refractivity contribution in [2.24, 2.45) is 5.92 Å². The summed E-state index contributed by atoms with van der Waals surface area (Å²) in [4.78, 5) is 16.8. The van der Waals surface area contributed by atoms with Crippen molar-refractivity contribution in [3.05, 3.63) is 65.7 Å². The molecule has 1 unspecified atom stereocenters. The van der Waals surface area contributed by atoms with E-state index in [9.17, 15) is 4.79 Å². The molecule has 2 aromatic rings. The number of methoxy groups -OCH3 is 1. The number of hydrogen-bond donors (Lipinski definition) is 0. The summed E-state index contributed by atoms with van der Waals surface area (Å²) in [5.74, 6) is 1.63. The smallest absolute Gasteiger partial charge is 0.219 e. The van der Waals surface area contributed by atoms with Crippen LogP contribution in [-0.2, 0) is 11.3 Å². The maximum Gasteiger partial charge on any atom is 0.219 e. The highest BCUT2D eigenvalue weighted by molar-refractivity contribution is 5.73. The Morgan fingerprint density at radius 1 is 1.00 bits per heavy atom. The van der Waals surface area contributed by atoms with Gasteiger partial charge < -0.3 is 14.5 Å². The van der Waals surface area contributed by atoms with E-state index in [1.807, 2.05) is 12.1 Å². The topological polar surface area (TPSA) is 32.8 Å². The highest BCUT2D eigenvalue weighted by Crippen LogP contribution is 2.38. The third-order valence-corrected chi connectivity index (χ3v) is 6.24. The summed E-state index contributed by atoms with van der Waals surface area (Å²) >= 11 is 0. The van der Waals surface area contributed by atoms with Gasteiger partial charge in [-0.2, -0.15) is 0 Å². The van der Waals surface area contributed by atoms with Crippen LogP contribution in [-0.4, -0.2) is 43.0 Å². The summed E-state index contributed by atoms with van der Waals surface area (Å²) < 4.78 is 5.24. The van der Waals surface area contributed by atoms with Gasteiger partial charge in [0.05, 0.1) is 7.11 Å². The summed E-state index contributed by atoms with van der Waals surface area (Å²) in [7, 11) is 6.02. The van der Waals surface area contributed by atoms with Crippen LogP contribution >= 0.6 is 0 Å². The minimum Gasteiger partial charge on any atom is -0.497 e. The quantitative estimate of drug-likeness (QED) is 0.669. The molecule has 156 valence electrons. The molecule has 0 N–H and O–H groups in total. The number of hydrogen-bond acceptors (Lipinski definition) is 3. The maximum atomic E-state index is 12.4. The van der Waals surface area contributed by atoms with Crippen molar-refractivity contribution >= 4 is 5.91 Å². The summed E-state index contributed by atoms with van der Waals surface area (Å²) in [6, 6.07) is 19.6. The first-order valence-electron chi connectivity index (χ1n) is 10.6. The molecule has 0 radical (unpaired) electrons. The Morgan fingerprint density at radius 2 is 1.62 bits per heavy atom. The molecule has 4 heteroatoms. The molecule has 0 saturated heterocycles. The van der Waals surface area contributed by atoms with Crippen LogP contribution in [0.3, 0.4) is 0 Å². The van der Waals surface area contributed by atoms with Crippen molar-refractivity contribution in [2.75, 3.05) is 21.2 Å². The van der Waals surface area contributed by atoms with E-state index in [2.05, 4.69) is 66.4 Å². The van der Waals surface area contributed by atoms with Gasteiger partial charge in [-0.05, 0) is 69.0 Å². The number of rotatable bonds is 7. The highest BCUT2D eigenvalue weighted by atomic mass is 16.5. The Bertz CT molecular complexity index is 765. The first-order valence-corrected chi connectivity index (χ1v) is 10.6. The van der Waals surface area contributed by atoms with Gasteiger partial charge in [0, 0.05) is 25.6 Å². The van der Waals surface area contributed by atoms with Crippen LogP contribution in [0.2, 0.25) is 0 Å². The van der Waals surface area contributed by atoms with E-state index in [1.165, 1.54) is 5.56 Å². The molecule has 1 fully saturated rings. The van der Waals surface area contributed by atoms with E-state index in [0.29, 0.717) is 24.5 Å². The Morgan fingerprint density at radius 3 is 2.14 bits per heavy atom. The fraction of sp³-hybridized carbons (Fsp3) is 0.480. The number of amides is 1. The number of carbonyl (C=O) groups is 1. The number of benzene rings is 2. The second-order valence-electron chi connectivity index (χ2n) is 8.38. The molecule has 0 aromatic heterocycles. The zero-order valence-corrected chi connectivity index (χ0v) is 18.2. The van der Waals surface area contributed by atoms with Gasteiger partial charge in [-0.15, -0.1) is 0 Å². The zero-order valence-electron chi connectivity index (χ0n) is 18.2. The summed E-state index contributed by atoms with van der Waals surface area (Å²) in [6.45, 7) is 2.37. The minimum atomic E-state index is 0.163. The lowest BCUT2D eigenvalue weighted by molar-refractivity contribution is -0.132. The summed E-state index contributed by atoms with van der Waals surface area (Å²) in [5, 5.41) is 0. The van der Waals surface area contributed by atoms with E-state index in [4.69, 9.17) is 4.74 Å². The lowest BCUT2D eigenvalue weighted by Crippen LogP contribution is -2.42. The average molecular weight is 395 g/mol. The van der Waals surface area contributed by atoms with Crippen LogP contribution in [0.4, 0.5) is 0 Å². The van der Waals surface area contributed by atoms with Gasteiger partial charge in [0.1, 0.15) is 5.75 Å². The van der Waals surface area contributed by atoms with E-state index >= 15 is 0 Å². The van der Waals surface area contributed by atoms with Crippen molar-refractivity contribution in [3.8, 4) is 5.75 Å². The molecule has 1 aliphatic carbocycles. The molecule has 2 aromatic carbocycles. The molecule has 1 amide bonds. The number of nitrogens with zero attached hydrogens (tertiary/aromatic N) is 2. The predicted octanol–water partition coefficient (Wildman–Crippen LogP) is 4.91. The van der Waals surface area contributed by atoms with E-state index in [-0.39, 0.29) is 5.91 Å². The lowest BCUT2D eigenvalue weighted by atomic mass is 9.78. The van der Waals surface area contributed by atoms with Crippen molar-refractivity contribution in [1.29, 1.82) is 0 Å². The van der Waals surface area contributed by atoms with Crippen LogP contribution in [0.15, 0.2) is 54.6 Å². The van der Waals surface area contributed by atoms with Crippen molar-refractivity contribution in [3.63, 3.8) is 0 Å². The third-order valence-electron chi connectivity index (χ3n) is 6.24. The van der Waals surface area contributed by atoms with E-state index < -0.39 is 0 Å². The van der Waals surface area contributed by atoms with Crippen molar-refractivity contribution in [2.45, 2.75) is 51.2 Å². The monoisotopic (exact) mass is 394 g/mol. The first kappa shape index (κ1) is 21.4. The zero-order chi connectivity index (χ0) is 20.8. The Kier molecular flexibility index (Phi) is 7.32. The SMILES string of the molecule is COc1ccc(CN(C(C)=O)C2CCC(C(c3ccccc3)N(C)C)CC2)cc1. The fourth-order valence-corrected chi connectivity index (χ4v) is 4.80. The van der Waals surface area contributed by atoms with Gasteiger partial charge in [0.15, 0.2) is 0 Å². The molecule has 0 aliphatic heterocycles. The first-order chi connectivity index (χ1) is 14.0. The van der Waals surface area contributed by atoms with Crippen LogP contribution in [0, 0.1) is 5.92 Å². The summed E-state index contributed by atoms with van der Waals surface area (Å²) in [5.41, 5.74) is 2.54. The van der Waals surface area contributed by atoms with Crippen LogP contribution < -0.4 is 4.74 Å². The molecular formula is C25H34N2O2. The third kappa shape index (κ3) is 5.39. The molecule has 3 rings (SSSR count). The van der Waals surface area contributed by atoms with Gasteiger partial charge in [-0.3, -0.25) is 4.79 Å². The Labute approximate surface area is 175 Å². The normalized spacial score (nSPS) is 20.3. The molecule has 0 spiro atoms. The van der Waals surface area contributed by atoms with Crippen molar-refractivity contribution < 1.29 is 9.53 Å². The molecule has 1 saturated carbocycles. The molecule has 1 atom stereocenters. The van der Waals surface area contributed by atoms with Crippen LogP contribution in [0.1, 0.15) is 49.8 Å². The Balaban J connectivity index is 1.65. The van der Waals surface area contributed by atoms with Gasteiger partial charge >= 0.3 is 0 Å². The largest absolute Gasteiger partial charge is 0.497 e. The molecular weight excluding hydrogens is 360 g/mol. The average Bonchev–Trinajstić information content (AvgIpc) is 2.73. The summed E-state index contributed by atoms with van der Waals surface area (Å²) in [6.07, 6.45) is 4.43. The molecule has 29 heavy (non-hydrogen) atoms. The second-order valence-corrected chi connectivity index (χ2v) is 8.38. The van der Waals surface area contributed by atoms with Crippen LogP contribution in [0.25, 0.3) is 0 Å². The molecule has 0 heterocycles. The van der Waals surface area contributed by atoms with Gasteiger partial charge in [-0.25, -0.2) is 0 Å². The minimum absolute atomic E-state index is 0.163. The lowest BCUT2D eigenvalue weighted by Gasteiger charge is -2.41. The molecule has 4 nitrogen and oxygen atoms in total. The van der Waals surface area contributed by atoms with Crippen LogP contribution in [0.5, 0.6) is 5.75 Å². The van der Waals surface area contributed by atoms with Gasteiger partial charge in [-0.1, -0.05) is 42.5 Å². The number of ether oxygens (including phenoxy) is 1. The van der Waals surface area contributed by atoms with E-state index in [0.717, 1.165) is 37.0 Å². The molecule has 1 aliphatic rings. The molecule has 0 bridgehead atoms.